The van der Waals surface area contributed by atoms with E-state index >= 15 is 0 Å². The molecule has 0 spiro atoms. The molecule has 29 heavy (non-hydrogen) atoms. The highest BCUT2D eigenvalue weighted by Gasteiger charge is 2.31. The van der Waals surface area contributed by atoms with Crippen LogP contribution in [0.25, 0.3) is 0 Å². The quantitative estimate of drug-likeness (QED) is 0.565. The van der Waals surface area contributed by atoms with Gasteiger partial charge in [-0.05, 0) is 45.2 Å². The highest BCUT2D eigenvalue weighted by Crippen LogP contribution is 2.25. The molecule has 6 nitrogen and oxygen atoms in total. The molecule has 2 aliphatic rings. The van der Waals surface area contributed by atoms with E-state index < -0.39 is 0 Å². The Balaban J connectivity index is 1.50. The number of aliphatic imine (C=N–C) groups is 1. The van der Waals surface area contributed by atoms with Crippen molar-refractivity contribution in [1.82, 2.24) is 20.4 Å². The average Bonchev–Trinajstić information content (AvgIpc) is 2.74. The fourth-order valence-electron chi connectivity index (χ4n) is 4.23. The van der Waals surface area contributed by atoms with E-state index in [2.05, 4.69) is 77.4 Å². The van der Waals surface area contributed by atoms with Crippen LogP contribution in [0.5, 0.6) is 0 Å². The Morgan fingerprint density at radius 3 is 2.14 bits per heavy atom. The fraction of sp³-hybridized carbons (Fsp3) is 0.696. The van der Waals surface area contributed by atoms with Crippen LogP contribution in [0, 0.1) is 0 Å². The SMILES string of the molecule is CN=C(NCC(C)(C)N1CCOCC1)NCC(C)(C)N1CCc2ccccc2C1. The van der Waals surface area contributed by atoms with Gasteiger partial charge in [-0.2, -0.15) is 0 Å². The first-order valence-electron chi connectivity index (χ1n) is 10.9. The molecule has 1 aromatic rings. The standard InChI is InChI=1S/C23H39N5O/c1-22(2,27-12-14-29-15-13-27)17-25-21(24-5)26-18-23(3,4)28-11-10-19-8-6-7-9-20(19)16-28/h6-9H,10-18H2,1-5H3,(H2,24,25,26). The lowest BCUT2D eigenvalue weighted by molar-refractivity contribution is -0.00835. The highest BCUT2D eigenvalue weighted by molar-refractivity contribution is 5.79. The van der Waals surface area contributed by atoms with E-state index in [4.69, 9.17) is 4.74 Å². The number of ether oxygens (including phenoxy) is 1. The van der Waals surface area contributed by atoms with Gasteiger partial charge in [-0.3, -0.25) is 14.8 Å². The summed E-state index contributed by atoms with van der Waals surface area (Å²) in [6.07, 6.45) is 1.13. The van der Waals surface area contributed by atoms with E-state index in [0.29, 0.717) is 0 Å². The largest absolute Gasteiger partial charge is 0.379 e. The summed E-state index contributed by atoms with van der Waals surface area (Å²) in [5.41, 5.74) is 3.06. The molecule has 2 aliphatic heterocycles. The predicted octanol–water partition coefficient (Wildman–Crippen LogP) is 2.10. The van der Waals surface area contributed by atoms with Crippen molar-refractivity contribution in [2.75, 3.05) is 53.0 Å². The van der Waals surface area contributed by atoms with Crippen LogP contribution >= 0.6 is 0 Å². The van der Waals surface area contributed by atoms with Gasteiger partial charge in [0.15, 0.2) is 5.96 Å². The predicted molar refractivity (Wildman–Crippen MR) is 120 cm³/mol. The monoisotopic (exact) mass is 401 g/mol. The molecule has 0 saturated carbocycles. The first-order chi connectivity index (χ1) is 13.8. The Morgan fingerprint density at radius 2 is 1.52 bits per heavy atom. The number of hydrogen-bond acceptors (Lipinski definition) is 4. The van der Waals surface area contributed by atoms with Crippen LogP contribution in [0.15, 0.2) is 29.3 Å². The van der Waals surface area contributed by atoms with Crippen molar-refractivity contribution in [3.05, 3.63) is 35.4 Å². The molecule has 1 saturated heterocycles. The van der Waals surface area contributed by atoms with Crippen LogP contribution in [0.4, 0.5) is 0 Å². The lowest BCUT2D eigenvalue weighted by Gasteiger charge is -2.42. The Kier molecular flexibility index (Phi) is 7.19. The molecule has 162 valence electrons. The van der Waals surface area contributed by atoms with Crippen LogP contribution in [0.1, 0.15) is 38.8 Å². The molecule has 0 unspecified atom stereocenters. The third-order valence-corrected chi connectivity index (χ3v) is 6.45. The number of morpholine rings is 1. The first kappa shape index (κ1) is 22.1. The number of guanidine groups is 1. The van der Waals surface area contributed by atoms with Crippen molar-refractivity contribution in [2.24, 2.45) is 4.99 Å². The van der Waals surface area contributed by atoms with Gasteiger partial charge in [0.1, 0.15) is 0 Å². The number of fused-ring (bicyclic) bond motifs is 1. The molecule has 0 radical (unpaired) electrons. The van der Waals surface area contributed by atoms with Crippen molar-refractivity contribution in [3.8, 4) is 0 Å². The smallest absolute Gasteiger partial charge is 0.191 e. The number of nitrogens with one attached hydrogen (secondary N) is 2. The lowest BCUT2D eigenvalue weighted by atomic mass is 9.94. The topological polar surface area (TPSA) is 52.1 Å². The minimum atomic E-state index is 0.0465. The molecular formula is C23H39N5O. The molecule has 2 heterocycles. The van der Waals surface area contributed by atoms with Crippen LogP contribution in [0.2, 0.25) is 0 Å². The molecule has 1 fully saturated rings. The van der Waals surface area contributed by atoms with Gasteiger partial charge in [-0.25, -0.2) is 0 Å². The van der Waals surface area contributed by atoms with E-state index in [-0.39, 0.29) is 11.1 Å². The van der Waals surface area contributed by atoms with Gasteiger partial charge in [-0.1, -0.05) is 24.3 Å². The third-order valence-electron chi connectivity index (χ3n) is 6.45. The maximum Gasteiger partial charge on any atom is 0.191 e. The van der Waals surface area contributed by atoms with Gasteiger partial charge < -0.3 is 15.4 Å². The molecule has 1 aromatic carbocycles. The van der Waals surface area contributed by atoms with Crippen LogP contribution in [0.3, 0.4) is 0 Å². The van der Waals surface area contributed by atoms with Crippen molar-refractivity contribution in [2.45, 2.75) is 51.7 Å². The minimum Gasteiger partial charge on any atom is -0.379 e. The summed E-state index contributed by atoms with van der Waals surface area (Å²) in [5, 5.41) is 7.10. The molecule has 2 N–H and O–H groups in total. The Hall–Kier alpha value is -1.63. The first-order valence-corrected chi connectivity index (χ1v) is 10.9. The molecule has 6 heteroatoms. The van der Waals surface area contributed by atoms with E-state index in [0.717, 1.165) is 64.9 Å². The van der Waals surface area contributed by atoms with E-state index in [1.54, 1.807) is 0 Å². The second-order valence-corrected chi connectivity index (χ2v) is 9.44. The molecule has 0 aliphatic carbocycles. The molecule has 0 atom stereocenters. The summed E-state index contributed by atoms with van der Waals surface area (Å²) in [6.45, 7) is 16.7. The van der Waals surface area contributed by atoms with Gasteiger partial charge in [0, 0.05) is 57.4 Å². The molecule has 0 aromatic heterocycles. The highest BCUT2D eigenvalue weighted by atomic mass is 16.5. The third kappa shape index (κ3) is 5.71. The maximum atomic E-state index is 5.49. The van der Waals surface area contributed by atoms with Gasteiger partial charge >= 0.3 is 0 Å². The van der Waals surface area contributed by atoms with Gasteiger partial charge in [0.2, 0.25) is 0 Å². The summed E-state index contributed by atoms with van der Waals surface area (Å²) in [6, 6.07) is 8.82. The normalized spacial score (nSPS) is 19.7. The van der Waals surface area contributed by atoms with Gasteiger partial charge in [0.05, 0.1) is 13.2 Å². The van der Waals surface area contributed by atoms with Crippen molar-refractivity contribution in [1.29, 1.82) is 0 Å². The average molecular weight is 402 g/mol. The van der Waals surface area contributed by atoms with Crippen LogP contribution < -0.4 is 10.6 Å². The summed E-state index contributed by atoms with van der Waals surface area (Å²) in [4.78, 5) is 9.52. The summed E-state index contributed by atoms with van der Waals surface area (Å²) < 4.78 is 5.49. The fourth-order valence-corrected chi connectivity index (χ4v) is 4.23. The maximum absolute atomic E-state index is 5.49. The Morgan fingerprint density at radius 1 is 0.931 bits per heavy atom. The number of nitrogens with zero attached hydrogens (tertiary/aromatic N) is 3. The number of rotatable bonds is 6. The second kappa shape index (κ2) is 9.45. The molecule has 3 rings (SSSR count). The summed E-state index contributed by atoms with van der Waals surface area (Å²) in [7, 11) is 1.85. The van der Waals surface area contributed by atoms with E-state index in [1.807, 2.05) is 7.05 Å². The summed E-state index contributed by atoms with van der Waals surface area (Å²) in [5.74, 6) is 0.872. The zero-order chi connectivity index (χ0) is 20.9. The van der Waals surface area contributed by atoms with Crippen molar-refractivity contribution < 1.29 is 4.74 Å². The second-order valence-electron chi connectivity index (χ2n) is 9.44. The van der Waals surface area contributed by atoms with Crippen molar-refractivity contribution >= 4 is 5.96 Å². The van der Waals surface area contributed by atoms with Crippen LogP contribution in [-0.2, 0) is 17.7 Å². The number of hydrogen-bond donors (Lipinski definition) is 2. The molecular weight excluding hydrogens is 362 g/mol. The Bertz CT molecular complexity index is 694. The van der Waals surface area contributed by atoms with Crippen molar-refractivity contribution in [3.63, 3.8) is 0 Å². The molecule has 0 bridgehead atoms. The van der Waals surface area contributed by atoms with Gasteiger partial charge in [0.25, 0.3) is 0 Å². The Labute approximate surface area is 176 Å². The lowest BCUT2D eigenvalue weighted by Crippen LogP contribution is -2.58. The van der Waals surface area contributed by atoms with Crippen LogP contribution in [-0.4, -0.2) is 79.8 Å². The summed E-state index contributed by atoms with van der Waals surface area (Å²) >= 11 is 0. The van der Waals surface area contributed by atoms with E-state index in [9.17, 15) is 0 Å². The zero-order valence-electron chi connectivity index (χ0n) is 18.9. The van der Waals surface area contributed by atoms with E-state index in [1.165, 1.54) is 11.1 Å². The van der Waals surface area contributed by atoms with Gasteiger partial charge in [-0.15, -0.1) is 0 Å². The molecule has 0 amide bonds. The number of benzene rings is 1. The minimum absolute atomic E-state index is 0.0465. The zero-order valence-corrected chi connectivity index (χ0v) is 18.9.